The van der Waals surface area contributed by atoms with Gasteiger partial charge in [-0.15, -0.1) is 0 Å². The summed E-state index contributed by atoms with van der Waals surface area (Å²) in [6.45, 7) is 1.76. The van der Waals surface area contributed by atoms with Crippen molar-refractivity contribution in [1.29, 1.82) is 0 Å². The van der Waals surface area contributed by atoms with Crippen molar-refractivity contribution >= 4 is 33.4 Å². The topological polar surface area (TPSA) is 101 Å². The number of piperazine rings is 1. The largest absolute Gasteiger partial charge is 0.368 e. The van der Waals surface area contributed by atoms with Crippen LogP contribution >= 0.6 is 15.9 Å². The fourth-order valence-electron chi connectivity index (χ4n) is 2.20. The van der Waals surface area contributed by atoms with E-state index in [4.69, 9.17) is 11.5 Å². The molecule has 6 nitrogen and oxygen atoms in total. The van der Waals surface area contributed by atoms with Crippen molar-refractivity contribution in [2.75, 3.05) is 24.5 Å². The van der Waals surface area contributed by atoms with Crippen molar-refractivity contribution in [2.45, 2.75) is 6.04 Å². The Labute approximate surface area is 119 Å². The van der Waals surface area contributed by atoms with Crippen LogP contribution in [0.3, 0.4) is 0 Å². The molecule has 1 atom stereocenters. The number of halogens is 1. The Bertz CT molecular complexity index is 520. The Hall–Kier alpha value is -1.60. The Kier molecular flexibility index (Phi) is 4.06. The average Bonchev–Trinajstić information content (AvgIpc) is 2.38. The number of nitrogens with two attached hydrogens (primary N) is 2. The molecule has 2 amide bonds. The summed E-state index contributed by atoms with van der Waals surface area (Å²) in [6, 6.07) is 4.68. The SMILES string of the molecule is NC(=O)c1ccc(Br)cc1N1CCNCC1C(N)=O. The van der Waals surface area contributed by atoms with Gasteiger partial charge in [0.25, 0.3) is 5.91 Å². The van der Waals surface area contributed by atoms with E-state index >= 15 is 0 Å². The monoisotopic (exact) mass is 326 g/mol. The van der Waals surface area contributed by atoms with Gasteiger partial charge < -0.3 is 21.7 Å². The highest BCUT2D eigenvalue weighted by Crippen LogP contribution is 2.27. The van der Waals surface area contributed by atoms with Crippen molar-refractivity contribution in [2.24, 2.45) is 11.5 Å². The van der Waals surface area contributed by atoms with Gasteiger partial charge >= 0.3 is 0 Å². The minimum absolute atomic E-state index is 0.386. The molecule has 1 saturated heterocycles. The first-order chi connectivity index (χ1) is 9.00. The van der Waals surface area contributed by atoms with Gasteiger partial charge in [-0.1, -0.05) is 15.9 Å². The summed E-state index contributed by atoms with van der Waals surface area (Å²) >= 11 is 3.36. The quantitative estimate of drug-likeness (QED) is 0.716. The van der Waals surface area contributed by atoms with E-state index in [1.807, 2.05) is 4.90 Å². The molecule has 2 rings (SSSR count). The maximum absolute atomic E-state index is 11.5. The van der Waals surface area contributed by atoms with Crippen molar-refractivity contribution in [3.8, 4) is 0 Å². The van der Waals surface area contributed by atoms with Crippen LogP contribution in [0.25, 0.3) is 0 Å². The zero-order valence-electron chi connectivity index (χ0n) is 10.2. The lowest BCUT2D eigenvalue weighted by atomic mass is 10.1. The number of anilines is 1. The number of carbonyl (C=O) groups excluding carboxylic acids is 2. The summed E-state index contributed by atoms with van der Waals surface area (Å²) < 4.78 is 0.814. The smallest absolute Gasteiger partial charge is 0.250 e. The lowest BCUT2D eigenvalue weighted by Crippen LogP contribution is -2.57. The van der Waals surface area contributed by atoms with Crippen LogP contribution in [0.2, 0.25) is 0 Å². The van der Waals surface area contributed by atoms with E-state index in [-0.39, 0.29) is 0 Å². The highest BCUT2D eigenvalue weighted by atomic mass is 79.9. The van der Waals surface area contributed by atoms with Crippen molar-refractivity contribution in [3.63, 3.8) is 0 Å². The Morgan fingerprint density at radius 1 is 1.37 bits per heavy atom. The summed E-state index contributed by atoms with van der Waals surface area (Å²) in [6.07, 6.45) is 0. The molecule has 0 aliphatic carbocycles. The van der Waals surface area contributed by atoms with Gasteiger partial charge in [-0.2, -0.15) is 0 Å². The van der Waals surface area contributed by atoms with E-state index < -0.39 is 17.9 Å². The zero-order valence-corrected chi connectivity index (χ0v) is 11.8. The summed E-state index contributed by atoms with van der Waals surface area (Å²) in [7, 11) is 0. The van der Waals surface area contributed by atoms with E-state index in [1.54, 1.807) is 18.2 Å². The summed E-state index contributed by atoms with van der Waals surface area (Å²) in [5, 5.41) is 3.11. The van der Waals surface area contributed by atoms with E-state index in [1.165, 1.54) is 0 Å². The van der Waals surface area contributed by atoms with Crippen LogP contribution < -0.4 is 21.7 Å². The summed E-state index contributed by atoms with van der Waals surface area (Å²) in [5.41, 5.74) is 11.8. The molecule has 1 aromatic rings. The van der Waals surface area contributed by atoms with Crippen LogP contribution in [0.1, 0.15) is 10.4 Å². The number of hydrogen-bond acceptors (Lipinski definition) is 4. The zero-order chi connectivity index (χ0) is 14.0. The second-order valence-electron chi connectivity index (χ2n) is 4.34. The normalized spacial score (nSPS) is 19.2. The average molecular weight is 327 g/mol. The van der Waals surface area contributed by atoms with Gasteiger partial charge in [0.2, 0.25) is 5.91 Å². The Morgan fingerprint density at radius 2 is 2.11 bits per heavy atom. The molecule has 0 radical (unpaired) electrons. The van der Waals surface area contributed by atoms with Gasteiger partial charge in [0.15, 0.2) is 0 Å². The van der Waals surface area contributed by atoms with E-state index in [0.717, 1.165) is 4.47 Å². The van der Waals surface area contributed by atoms with Gasteiger partial charge in [-0.05, 0) is 18.2 Å². The van der Waals surface area contributed by atoms with Crippen LogP contribution in [0, 0.1) is 0 Å². The third-order valence-electron chi connectivity index (χ3n) is 3.11. The molecule has 0 bridgehead atoms. The summed E-state index contributed by atoms with van der Waals surface area (Å²) in [4.78, 5) is 24.8. The molecule has 19 heavy (non-hydrogen) atoms. The minimum atomic E-state index is -0.524. The molecule has 1 aromatic carbocycles. The van der Waals surface area contributed by atoms with E-state index in [2.05, 4.69) is 21.2 Å². The van der Waals surface area contributed by atoms with Gasteiger partial charge in [0, 0.05) is 24.1 Å². The number of amides is 2. The molecule has 1 aliphatic rings. The molecule has 0 saturated carbocycles. The molecule has 0 spiro atoms. The lowest BCUT2D eigenvalue weighted by Gasteiger charge is -2.36. The second-order valence-corrected chi connectivity index (χ2v) is 5.26. The predicted molar refractivity (Wildman–Crippen MR) is 75.9 cm³/mol. The standard InChI is InChI=1S/C12H15BrN4O2/c13-7-1-2-8(11(14)18)9(5-7)17-4-3-16-6-10(17)12(15)19/h1-2,5,10,16H,3-4,6H2,(H2,14,18)(H2,15,19). The van der Waals surface area contributed by atoms with E-state index in [9.17, 15) is 9.59 Å². The van der Waals surface area contributed by atoms with Crippen LogP contribution in [0.4, 0.5) is 5.69 Å². The maximum atomic E-state index is 11.5. The molecule has 0 aromatic heterocycles. The molecule has 102 valence electrons. The van der Waals surface area contributed by atoms with Gasteiger partial charge in [-0.25, -0.2) is 0 Å². The second kappa shape index (κ2) is 5.58. The number of nitrogens with zero attached hydrogens (tertiary/aromatic N) is 1. The van der Waals surface area contributed by atoms with Gasteiger partial charge in [-0.3, -0.25) is 9.59 Å². The van der Waals surface area contributed by atoms with Gasteiger partial charge in [0.1, 0.15) is 6.04 Å². The Balaban J connectivity index is 2.46. The highest BCUT2D eigenvalue weighted by Gasteiger charge is 2.29. The molecule has 1 aliphatic heterocycles. The molecule has 5 N–H and O–H groups in total. The molecule has 7 heteroatoms. The molecular weight excluding hydrogens is 312 g/mol. The number of nitrogens with one attached hydrogen (secondary N) is 1. The fraction of sp³-hybridized carbons (Fsp3) is 0.333. The Morgan fingerprint density at radius 3 is 2.74 bits per heavy atom. The van der Waals surface area contributed by atoms with Crippen LogP contribution in [-0.2, 0) is 4.79 Å². The third kappa shape index (κ3) is 2.87. The van der Waals surface area contributed by atoms with Crippen molar-refractivity contribution in [3.05, 3.63) is 28.2 Å². The number of carbonyl (C=O) groups is 2. The first-order valence-electron chi connectivity index (χ1n) is 5.86. The highest BCUT2D eigenvalue weighted by molar-refractivity contribution is 9.10. The minimum Gasteiger partial charge on any atom is -0.368 e. The first kappa shape index (κ1) is 13.8. The van der Waals surface area contributed by atoms with Crippen molar-refractivity contribution < 1.29 is 9.59 Å². The number of primary amides is 2. The van der Waals surface area contributed by atoms with Gasteiger partial charge in [0.05, 0.1) is 11.3 Å². The van der Waals surface area contributed by atoms with Crippen LogP contribution in [0.15, 0.2) is 22.7 Å². The van der Waals surface area contributed by atoms with E-state index in [0.29, 0.717) is 30.9 Å². The molecular formula is C12H15BrN4O2. The maximum Gasteiger partial charge on any atom is 0.250 e. The lowest BCUT2D eigenvalue weighted by molar-refractivity contribution is -0.119. The fourth-order valence-corrected chi connectivity index (χ4v) is 2.55. The molecule has 1 unspecified atom stereocenters. The third-order valence-corrected chi connectivity index (χ3v) is 3.60. The predicted octanol–water partition coefficient (Wildman–Crippen LogP) is -0.189. The first-order valence-corrected chi connectivity index (χ1v) is 6.66. The van der Waals surface area contributed by atoms with Crippen LogP contribution in [-0.4, -0.2) is 37.5 Å². The van der Waals surface area contributed by atoms with Crippen LogP contribution in [0.5, 0.6) is 0 Å². The summed E-state index contributed by atoms with van der Waals surface area (Å²) in [5.74, 6) is -0.952. The molecule has 1 heterocycles. The number of benzene rings is 1. The number of rotatable bonds is 3. The number of hydrogen-bond donors (Lipinski definition) is 3. The van der Waals surface area contributed by atoms with Crippen molar-refractivity contribution in [1.82, 2.24) is 5.32 Å². The molecule has 1 fully saturated rings.